The molecule has 1 aliphatic heterocycles. The van der Waals surface area contributed by atoms with Gasteiger partial charge in [0.2, 0.25) is 0 Å². The molecule has 1 amide bonds. The van der Waals surface area contributed by atoms with Gasteiger partial charge in [0.1, 0.15) is 18.0 Å². The molecule has 0 radical (unpaired) electrons. The zero-order valence-corrected chi connectivity index (χ0v) is 32.0. The molecule has 1 aliphatic rings. The molecule has 4 unspecified atom stereocenters. The van der Waals surface area contributed by atoms with Gasteiger partial charge in [-0.05, 0) is 70.4 Å². The Balaban J connectivity index is 2.10. The lowest BCUT2D eigenvalue weighted by molar-refractivity contribution is -0.0393. The van der Waals surface area contributed by atoms with E-state index in [9.17, 15) is 20.0 Å². The van der Waals surface area contributed by atoms with Crippen LogP contribution in [-0.4, -0.2) is 83.5 Å². The maximum absolute atomic E-state index is 13.7. The molecule has 1 fully saturated rings. The maximum Gasteiger partial charge on any atom is 0.351 e. The van der Waals surface area contributed by atoms with Crippen LogP contribution in [0.3, 0.4) is 0 Å². The van der Waals surface area contributed by atoms with Gasteiger partial charge >= 0.3 is 5.69 Å². The molecule has 0 spiro atoms. The molecule has 1 saturated heterocycles. The summed E-state index contributed by atoms with van der Waals surface area (Å²) in [4.78, 5) is 30.7. The van der Waals surface area contributed by atoms with Crippen molar-refractivity contribution in [2.75, 3.05) is 18.5 Å². The summed E-state index contributed by atoms with van der Waals surface area (Å²) >= 11 is 0. The smallest absolute Gasteiger partial charge is 0.351 e. The molecule has 49 heavy (non-hydrogen) atoms. The number of aliphatic hydroxyl groups is 1. The lowest BCUT2D eigenvalue weighted by Crippen LogP contribution is -2.50. The van der Waals surface area contributed by atoms with Gasteiger partial charge in [-0.3, -0.25) is 20.4 Å². The zero-order valence-electron chi connectivity index (χ0n) is 30.1. The number of anilines is 1. The van der Waals surface area contributed by atoms with E-state index in [0.717, 1.165) is 0 Å². The molecule has 0 bridgehead atoms. The third kappa shape index (κ3) is 11.2. The number of nitriles is 1. The van der Waals surface area contributed by atoms with Crippen molar-refractivity contribution in [1.82, 2.24) is 19.5 Å². The first kappa shape index (κ1) is 40.8. The van der Waals surface area contributed by atoms with E-state index in [0.29, 0.717) is 18.5 Å². The number of nitrogens with one attached hydrogen (secondary N) is 2. The van der Waals surface area contributed by atoms with Gasteiger partial charge < -0.3 is 28.6 Å². The highest BCUT2D eigenvalue weighted by Gasteiger charge is 2.53. The monoisotopic (exact) mass is 719 g/mol. The van der Waals surface area contributed by atoms with Crippen molar-refractivity contribution in [2.45, 2.75) is 122 Å². The second-order valence-electron chi connectivity index (χ2n) is 14.0. The molecule has 2 heterocycles. The number of nitrogens with two attached hydrogens (primary N) is 1. The van der Waals surface area contributed by atoms with Crippen LogP contribution in [-0.2, 0) is 18.2 Å². The van der Waals surface area contributed by atoms with E-state index in [2.05, 4.69) is 60.2 Å². The molecule has 16 heteroatoms. The molecular weight excluding hydrogens is 665 g/mol. The summed E-state index contributed by atoms with van der Waals surface area (Å²) in [6, 6.07) is 12.4. The van der Waals surface area contributed by atoms with E-state index in [4.69, 9.17) is 23.9 Å². The predicted octanol–water partition coefficient (Wildman–Crippen LogP) is 4.66. The van der Waals surface area contributed by atoms with Crippen LogP contribution in [0.2, 0.25) is 18.1 Å². The molecule has 5 N–H and O–H groups in total. The van der Waals surface area contributed by atoms with Crippen molar-refractivity contribution in [1.29, 1.82) is 5.26 Å². The number of hydrogen-bond acceptors (Lipinski definition) is 12. The van der Waals surface area contributed by atoms with Crippen LogP contribution in [0.5, 0.6) is 0 Å². The van der Waals surface area contributed by atoms with E-state index in [-0.39, 0.29) is 36.0 Å². The minimum absolute atomic E-state index is 0.0247. The average Bonchev–Trinajstić information content (AvgIpc) is 3.32. The summed E-state index contributed by atoms with van der Waals surface area (Å²) in [5.74, 6) is -0.311. The number of aliphatic hydroxyl groups excluding tert-OH is 1. The van der Waals surface area contributed by atoms with Crippen molar-refractivity contribution in [3.05, 3.63) is 58.6 Å². The highest BCUT2D eigenvalue weighted by molar-refractivity contribution is 7.44. The van der Waals surface area contributed by atoms with Crippen molar-refractivity contribution < 1.29 is 28.1 Å². The van der Waals surface area contributed by atoms with Gasteiger partial charge in [0.25, 0.3) is 14.4 Å². The van der Waals surface area contributed by atoms with Crippen molar-refractivity contribution >= 4 is 28.6 Å². The summed E-state index contributed by atoms with van der Waals surface area (Å²) in [6.07, 6.45) is -2.22. The van der Waals surface area contributed by atoms with Gasteiger partial charge in [0, 0.05) is 30.4 Å². The number of nitrogens with zero attached hydrogens (tertiary/aromatic N) is 4. The first-order chi connectivity index (χ1) is 23.0. The van der Waals surface area contributed by atoms with Crippen LogP contribution < -0.4 is 22.1 Å². The van der Waals surface area contributed by atoms with Crippen molar-refractivity contribution in [3.8, 4) is 6.07 Å². The van der Waals surface area contributed by atoms with E-state index in [1.807, 2.05) is 33.8 Å². The molecule has 2 aromatic rings. The number of ether oxygens (including phenoxy) is 1. The molecule has 3 rings (SSSR count). The van der Waals surface area contributed by atoms with Crippen LogP contribution in [0.1, 0.15) is 77.9 Å². The quantitative estimate of drug-likeness (QED) is 0.0768. The Morgan fingerprint density at radius 3 is 2.39 bits per heavy atom. The molecule has 6 atom stereocenters. The van der Waals surface area contributed by atoms with E-state index >= 15 is 0 Å². The number of aromatic nitrogens is 2. The topological polar surface area (TPSA) is 186 Å². The SMILES string of the molecule is CC(C)N(C(C)C)P(OCCC#N)OC1C(O[Si](C)(C)C(C)(C)C)[C@@H](CCNC(N)O)O[C@H]1n1ccc(NC(=O)c2ccccc2)nc1=O. The first-order valence-electron chi connectivity index (χ1n) is 16.7. The first-order valence-corrected chi connectivity index (χ1v) is 20.7. The van der Waals surface area contributed by atoms with Gasteiger partial charge in [-0.2, -0.15) is 10.2 Å². The number of carbonyl (C=O) groups excluding carboxylic acids is 1. The van der Waals surface area contributed by atoms with Crippen LogP contribution in [0.25, 0.3) is 0 Å². The van der Waals surface area contributed by atoms with Crippen molar-refractivity contribution in [2.24, 2.45) is 5.73 Å². The van der Waals surface area contributed by atoms with Crippen LogP contribution in [0, 0.1) is 11.3 Å². The van der Waals surface area contributed by atoms with Gasteiger partial charge in [0.15, 0.2) is 20.9 Å². The summed E-state index contributed by atoms with van der Waals surface area (Å²) in [7, 11) is -4.23. The third-order valence-electron chi connectivity index (χ3n) is 8.56. The molecule has 1 aromatic heterocycles. The predicted molar refractivity (Wildman–Crippen MR) is 192 cm³/mol. The van der Waals surface area contributed by atoms with E-state index in [1.54, 1.807) is 24.3 Å². The molecular formula is C33H54N7O7PSi. The number of hydrogen-bond donors (Lipinski definition) is 4. The zero-order chi connectivity index (χ0) is 36.5. The Morgan fingerprint density at radius 1 is 1.18 bits per heavy atom. The Hall–Kier alpha value is -2.61. The Bertz CT molecular complexity index is 1440. The van der Waals surface area contributed by atoms with Gasteiger partial charge in [-0.25, -0.2) is 9.46 Å². The number of amides is 1. The normalized spacial score (nSPS) is 21.2. The van der Waals surface area contributed by atoms with E-state index < -0.39 is 59.3 Å². The standard InChI is InChI=1S/C33H54N7O7PSi/c1-22(2)40(23(3)4)48(44-21-13-18-34)46-28-27(47-49(8,9)33(5,6)7)25(16-19-36-31(35)42)45-30(28)39-20-17-26(38-32(39)43)37-29(41)24-14-11-10-12-15-24/h10-12,14-15,17,20,22-23,25,27-28,30-31,36,42H,13,16,19,21,35H2,1-9H3,(H,37,38,41,43)/t25-,27?,28?,30-,31?,48?/m1/s1. The molecule has 272 valence electrons. The summed E-state index contributed by atoms with van der Waals surface area (Å²) in [6.45, 7) is 19.3. The third-order valence-corrected chi connectivity index (χ3v) is 15.2. The second-order valence-corrected chi connectivity index (χ2v) is 20.2. The van der Waals surface area contributed by atoms with Crippen LogP contribution in [0.15, 0.2) is 47.4 Å². The van der Waals surface area contributed by atoms with Crippen LogP contribution in [0.4, 0.5) is 5.82 Å². The maximum atomic E-state index is 13.7. The number of benzene rings is 1. The van der Waals surface area contributed by atoms with Crippen LogP contribution >= 0.6 is 8.53 Å². The minimum atomic E-state index is -2.47. The van der Waals surface area contributed by atoms with Gasteiger partial charge in [0.05, 0.1) is 25.2 Å². The van der Waals surface area contributed by atoms with Crippen molar-refractivity contribution in [3.63, 3.8) is 0 Å². The second kappa shape index (κ2) is 18.0. The van der Waals surface area contributed by atoms with Gasteiger partial charge in [-0.15, -0.1) is 0 Å². The number of carbonyl (C=O) groups is 1. The lowest BCUT2D eigenvalue weighted by Gasteiger charge is -2.42. The Morgan fingerprint density at radius 2 is 1.84 bits per heavy atom. The highest BCUT2D eigenvalue weighted by Crippen LogP contribution is 2.52. The fraction of sp³-hybridized carbons (Fsp3) is 0.636. The molecule has 14 nitrogen and oxygen atoms in total. The van der Waals surface area contributed by atoms with E-state index in [1.165, 1.54) is 16.8 Å². The summed E-state index contributed by atoms with van der Waals surface area (Å²) < 4.78 is 30.3. The van der Waals surface area contributed by atoms with Gasteiger partial charge in [-0.1, -0.05) is 39.0 Å². The summed E-state index contributed by atoms with van der Waals surface area (Å²) in [5.41, 5.74) is 5.33. The Kier molecular flexibility index (Phi) is 15.0. The summed E-state index contributed by atoms with van der Waals surface area (Å²) in [5, 5.41) is 24.3. The molecule has 0 saturated carbocycles. The fourth-order valence-corrected chi connectivity index (χ4v) is 8.22. The molecule has 1 aromatic carbocycles. The average molecular weight is 720 g/mol. The largest absolute Gasteiger partial charge is 0.408 e. The fourth-order valence-electron chi connectivity index (χ4n) is 5.16. The molecule has 0 aliphatic carbocycles. The minimum Gasteiger partial charge on any atom is -0.408 e. The Labute approximate surface area is 292 Å². The number of rotatable bonds is 17. The lowest BCUT2D eigenvalue weighted by atomic mass is 10.1. The highest BCUT2D eigenvalue weighted by atomic mass is 31.2.